The molecule has 0 spiro atoms. The fourth-order valence-corrected chi connectivity index (χ4v) is 3.13. The van der Waals surface area contributed by atoms with Gasteiger partial charge in [0.25, 0.3) is 11.8 Å². The molecule has 0 bridgehead atoms. The highest BCUT2D eigenvalue weighted by molar-refractivity contribution is 6.34. The van der Waals surface area contributed by atoms with Crippen LogP contribution in [0, 0.1) is 0 Å². The van der Waals surface area contributed by atoms with E-state index in [4.69, 9.17) is 4.74 Å². The molecule has 148 valence electrons. The van der Waals surface area contributed by atoms with Crippen molar-refractivity contribution in [2.24, 2.45) is 0 Å². The van der Waals surface area contributed by atoms with Gasteiger partial charge in [0.05, 0.1) is 22.4 Å². The predicted octanol–water partition coefficient (Wildman–Crippen LogP) is 3.23. The van der Waals surface area contributed by atoms with Gasteiger partial charge < -0.3 is 9.84 Å². The van der Waals surface area contributed by atoms with E-state index >= 15 is 0 Å². The number of rotatable bonds is 5. The first kappa shape index (κ1) is 19.1. The summed E-state index contributed by atoms with van der Waals surface area (Å²) in [5.41, 5.74) is 1.01. The van der Waals surface area contributed by atoms with E-state index in [1.54, 1.807) is 30.3 Å². The molecular weight excluding hydrogens is 386 g/mol. The minimum atomic E-state index is -0.773. The van der Waals surface area contributed by atoms with E-state index in [1.807, 2.05) is 0 Å². The molecule has 1 N–H and O–H groups in total. The molecule has 30 heavy (non-hydrogen) atoms. The van der Waals surface area contributed by atoms with Gasteiger partial charge in [-0.2, -0.15) is 0 Å². The van der Waals surface area contributed by atoms with Gasteiger partial charge in [-0.25, -0.2) is 9.69 Å². The summed E-state index contributed by atoms with van der Waals surface area (Å²) in [7, 11) is 0. The number of esters is 1. The minimum absolute atomic E-state index is 0.00504. The SMILES string of the molecule is O=C(COC(=O)c1ccc2c(c1)C(=O)N(c1ccc(O)cc1)C2=O)c1ccccc1. The number of hydrogen-bond acceptors (Lipinski definition) is 6. The molecule has 0 atom stereocenters. The zero-order valence-corrected chi connectivity index (χ0v) is 15.6. The molecule has 0 fully saturated rings. The Morgan fingerprint density at radius 3 is 2.17 bits per heavy atom. The zero-order chi connectivity index (χ0) is 21.3. The number of Topliss-reactive ketones (excluding diaryl/α,β-unsaturated/α-hetero) is 1. The summed E-state index contributed by atoms with van der Waals surface area (Å²) in [4.78, 5) is 50.8. The smallest absolute Gasteiger partial charge is 0.338 e. The Morgan fingerprint density at radius 2 is 1.47 bits per heavy atom. The molecule has 0 aromatic heterocycles. The van der Waals surface area contributed by atoms with Gasteiger partial charge >= 0.3 is 5.97 Å². The summed E-state index contributed by atoms with van der Waals surface area (Å²) >= 11 is 0. The van der Waals surface area contributed by atoms with Gasteiger partial charge in [-0.05, 0) is 42.5 Å². The van der Waals surface area contributed by atoms with Crippen LogP contribution in [0.25, 0.3) is 0 Å². The van der Waals surface area contributed by atoms with E-state index in [0.717, 1.165) is 4.90 Å². The number of carbonyl (C=O) groups is 4. The Labute approximate surface area is 171 Å². The van der Waals surface area contributed by atoms with Crippen LogP contribution in [0.1, 0.15) is 41.4 Å². The number of nitrogens with zero attached hydrogens (tertiary/aromatic N) is 1. The highest BCUT2D eigenvalue weighted by Gasteiger charge is 2.37. The molecule has 1 heterocycles. The summed E-state index contributed by atoms with van der Waals surface area (Å²) in [5.74, 6) is -2.23. The largest absolute Gasteiger partial charge is 0.508 e. The number of ether oxygens (including phenoxy) is 1. The third kappa shape index (κ3) is 3.44. The van der Waals surface area contributed by atoms with Crippen molar-refractivity contribution in [2.75, 3.05) is 11.5 Å². The molecule has 0 unspecified atom stereocenters. The van der Waals surface area contributed by atoms with Gasteiger partial charge in [-0.1, -0.05) is 30.3 Å². The van der Waals surface area contributed by atoms with Crippen molar-refractivity contribution >= 4 is 29.3 Å². The third-order valence-electron chi connectivity index (χ3n) is 4.66. The Balaban J connectivity index is 1.52. The van der Waals surface area contributed by atoms with E-state index < -0.39 is 24.4 Å². The maximum absolute atomic E-state index is 12.8. The van der Waals surface area contributed by atoms with Gasteiger partial charge in [0.2, 0.25) is 0 Å². The fraction of sp³-hybridized carbons (Fsp3) is 0.0435. The average Bonchev–Trinajstić information content (AvgIpc) is 3.02. The summed E-state index contributed by atoms with van der Waals surface area (Å²) in [6.45, 7) is -0.438. The zero-order valence-electron chi connectivity index (χ0n) is 15.6. The molecule has 4 rings (SSSR count). The van der Waals surface area contributed by atoms with Gasteiger partial charge in [0.1, 0.15) is 5.75 Å². The quantitative estimate of drug-likeness (QED) is 0.400. The second-order valence-corrected chi connectivity index (χ2v) is 6.59. The van der Waals surface area contributed by atoms with Crippen molar-refractivity contribution < 1.29 is 29.0 Å². The van der Waals surface area contributed by atoms with E-state index in [-0.39, 0.29) is 28.2 Å². The van der Waals surface area contributed by atoms with Gasteiger partial charge in [-0.3, -0.25) is 14.4 Å². The molecule has 1 aliphatic heterocycles. The normalized spacial score (nSPS) is 12.6. The molecule has 0 aliphatic carbocycles. The van der Waals surface area contributed by atoms with Crippen molar-refractivity contribution in [3.05, 3.63) is 95.1 Å². The number of fused-ring (bicyclic) bond motifs is 1. The van der Waals surface area contributed by atoms with Gasteiger partial charge in [0.15, 0.2) is 12.4 Å². The van der Waals surface area contributed by atoms with Gasteiger partial charge in [-0.15, -0.1) is 0 Å². The third-order valence-corrected chi connectivity index (χ3v) is 4.66. The Kier molecular flexibility index (Phi) is 4.85. The average molecular weight is 401 g/mol. The number of imide groups is 1. The maximum atomic E-state index is 12.8. The van der Waals surface area contributed by atoms with Crippen molar-refractivity contribution in [3.63, 3.8) is 0 Å². The van der Waals surface area contributed by atoms with E-state index in [1.165, 1.54) is 42.5 Å². The number of phenols is 1. The Morgan fingerprint density at radius 1 is 0.800 bits per heavy atom. The van der Waals surface area contributed by atoms with Crippen LogP contribution in [0.4, 0.5) is 5.69 Å². The second-order valence-electron chi connectivity index (χ2n) is 6.59. The number of hydrogen-bond donors (Lipinski definition) is 1. The number of anilines is 1. The lowest BCUT2D eigenvalue weighted by atomic mass is 10.1. The highest BCUT2D eigenvalue weighted by atomic mass is 16.5. The van der Waals surface area contributed by atoms with Crippen LogP contribution in [-0.2, 0) is 4.74 Å². The molecule has 7 heteroatoms. The lowest BCUT2D eigenvalue weighted by Crippen LogP contribution is -2.29. The van der Waals surface area contributed by atoms with Crippen LogP contribution in [-0.4, -0.2) is 35.3 Å². The lowest BCUT2D eigenvalue weighted by molar-refractivity contribution is 0.0474. The van der Waals surface area contributed by atoms with Crippen LogP contribution < -0.4 is 4.90 Å². The van der Waals surface area contributed by atoms with Crippen LogP contribution in [0.2, 0.25) is 0 Å². The number of amides is 2. The Hall–Kier alpha value is -4.26. The number of ketones is 1. The topological polar surface area (TPSA) is 101 Å². The van der Waals surface area contributed by atoms with E-state index in [9.17, 15) is 24.3 Å². The fourth-order valence-electron chi connectivity index (χ4n) is 3.13. The molecule has 3 aromatic carbocycles. The summed E-state index contributed by atoms with van der Waals surface area (Å²) in [6.07, 6.45) is 0. The number of aromatic hydroxyl groups is 1. The van der Waals surface area contributed by atoms with Crippen molar-refractivity contribution in [1.29, 1.82) is 0 Å². The standard InChI is InChI=1S/C23H15NO6/c25-17-9-7-16(8-10-17)24-21(27)18-11-6-15(12-19(18)22(24)28)23(29)30-13-20(26)14-4-2-1-3-5-14/h1-12,25H,13H2. The van der Waals surface area contributed by atoms with E-state index in [0.29, 0.717) is 11.3 Å². The lowest BCUT2D eigenvalue weighted by Gasteiger charge is -2.13. The molecule has 0 radical (unpaired) electrons. The highest BCUT2D eigenvalue weighted by Crippen LogP contribution is 2.30. The van der Waals surface area contributed by atoms with Crippen LogP contribution in [0.5, 0.6) is 5.75 Å². The first-order valence-corrected chi connectivity index (χ1v) is 9.03. The number of carbonyl (C=O) groups excluding carboxylic acids is 4. The first-order valence-electron chi connectivity index (χ1n) is 9.03. The van der Waals surface area contributed by atoms with Gasteiger partial charge in [0, 0.05) is 5.56 Å². The maximum Gasteiger partial charge on any atom is 0.338 e. The summed E-state index contributed by atoms with van der Waals surface area (Å²) in [5, 5.41) is 9.40. The molecule has 2 amide bonds. The van der Waals surface area contributed by atoms with Crippen molar-refractivity contribution in [3.8, 4) is 5.75 Å². The Bertz CT molecular complexity index is 1170. The van der Waals surface area contributed by atoms with Crippen molar-refractivity contribution in [1.82, 2.24) is 0 Å². The van der Waals surface area contributed by atoms with Crippen LogP contribution >= 0.6 is 0 Å². The number of phenolic OH excluding ortho intramolecular Hbond substituents is 1. The predicted molar refractivity (Wildman–Crippen MR) is 107 cm³/mol. The molecule has 3 aromatic rings. The minimum Gasteiger partial charge on any atom is -0.508 e. The molecule has 1 aliphatic rings. The second kappa shape index (κ2) is 7.63. The number of benzene rings is 3. The molecule has 0 saturated carbocycles. The van der Waals surface area contributed by atoms with Crippen LogP contribution in [0.3, 0.4) is 0 Å². The van der Waals surface area contributed by atoms with Crippen molar-refractivity contribution in [2.45, 2.75) is 0 Å². The summed E-state index contributed by atoms with van der Waals surface area (Å²) < 4.78 is 5.06. The molecular formula is C23H15NO6. The molecule has 0 saturated heterocycles. The molecule has 7 nitrogen and oxygen atoms in total. The monoisotopic (exact) mass is 401 g/mol. The first-order chi connectivity index (χ1) is 14.5. The van der Waals surface area contributed by atoms with E-state index in [2.05, 4.69) is 0 Å². The summed E-state index contributed by atoms with van der Waals surface area (Å²) in [6, 6.07) is 18.1. The van der Waals surface area contributed by atoms with Crippen LogP contribution in [0.15, 0.2) is 72.8 Å².